The predicted molar refractivity (Wildman–Crippen MR) is 60.9 cm³/mol. The maximum Gasteiger partial charge on any atom is 0.262 e. The number of carbonyl (C=O) groups excluding carboxylic acids is 1. The summed E-state index contributed by atoms with van der Waals surface area (Å²) in [5, 5.41) is 2.73. The molecule has 0 saturated carbocycles. The van der Waals surface area contributed by atoms with Crippen molar-refractivity contribution in [3.63, 3.8) is 0 Å². The highest BCUT2D eigenvalue weighted by molar-refractivity contribution is 9.10. The van der Waals surface area contributed by atoms with Crippen LogP contribution >= 0.6 is 15.9 Å². The molecule has 0 fully saturated rings. The highest BCUT2D eigenvalue weighted by Crippen LogP contribution is 2.35. The third-order valence-electron chi connectivity index (χ3n) is 2.22. The fourth-order valence-corrected chi connectivity index (χ4v) is 2.17. The molecule has 1 aromatic rings. The first kappa shape index (κ1) is 10.4. The van der Waals surface area contributed by atoms with Crippen LogP contribution in [0.2, 0.25) is 0 Å². The number of carbonyl (C=O) groups is 1. The van der Waals surface area contributed by atoms with Crippen LogP contribution in [0.15, 0.2) is 16.6 Å². The minimum absolute atomic E-state index is 0.0625. The molecule has 0 aromatic heterocycles. The molecule has 1 amide bonds. The van der Waals surface area contributed by atoms with Gasteiger partial charge in [0.25, 0.3) is 5.91 Å². The Morgan fingerprint density at radius 1 is 1.60 bits per heavy atom. The summed E-state index contributed by atoms with van der Waals surface area (Å²) in [7, 11) is 0. The second-order valence-electron chi connectivity index (χ2n) is 3.50. The van der Waals surface area contributed by atoms with E-state index in [9.17, 15) is 4.79 Å². The van der Waals surface area contributed by atoms with E-state index in [2.05, 4.69) is 21.2 Å². The van der Waals surface area contributed by atoms with Crippen molar-refractivity contribution in [1.82, 2.24) is 0 Å². The molecule has 5 heteroatoms. The van der Waals surface area contributed by atoms with Crippen molar-refractivity contribution in [2.45, 2.75) is 13.0 Å². The average molecular weight is 271 g/mol. The lowest BCUT2D eigenvalue weighted by molar-refractivity contribution is -0.118. The Morgan fingerprint density at radius 3 is 3.00 bits per heavy atom. The molecule has 0 spiro atoms. The molecular formula is C10H11BrN2O2. The molecule has 3 N–H and O–H groups in total. The van der Waals surface area contributed by atoms with Gasteiger partial charge in [-0.3, -0.25) is 4.79 Å². The molecule has 0 bridgehead atoms. The van der Waals surface area contributed by atoms with E-state index in [0.717, 1.165) is 10.0 Å². The summed E-state index contributed by atoms with van der Waals surface area (Å²) < 4.78 is 6.17. The summed E-state index contributed by atoms with van der Waals surface area (Å²) in [4.78, 5) is 11.1. The van der Waals surface area contributed by atoms with Crippen LogP contribution < -0.4 is 15.8 Å². The van der Waals surface area contributed by atoms with Gasteiger partial charge in [-0.25, -0.2) is 0 Å². The van der Waals surface area contributed by atoms with Gasteiger partial charge >= 0.3 is 0 Å². The van der Waals surface area contributed by atoms with Gasteiger partial charge in [0.1, 0.15) is 5.75 Å². The van der Waals surface area contributed by atoms with E-state index in [1.54, 1.807) is 0 Å². The molecule has 80 valence electrons. The zero-order chi connectivity index (χ0) is 11.0. The predicted octanol–water partition coefficient (Wildman–Crippen LogP) is 1.80. The Morgan fingerprint density at radius 2 is 2.33 bits per heavy atom. The first-order chi connectivity index (χ1) is 7.08. The van der Waals surface area contributed by atoms with Crippen LogP contribution in [0.25, 0.3) is 0 Å². The summed E-state index contributed by atoms with van der Waals surface area (Å²) in [5.41, 5.74) is 7.45. The number of hydrogen-bond donors (Lipinski definition) is 2. The van der Waals surface area contributed by atoms with Gasteiger partial charge in [-0.05, 0) is 24.6 Å². The van der Waals surface area contributed by atoms with E-state index in [1.807, 2.05) is 19.1 Å². The Bertz CT molecular complexity index is 418. The molecule has 1 aliphatic heterocycles. The maximum absolute atomic E-state index is 11.1. The SMILES string of the molecule is C[C@H](N)c1cc2c(cc1Br)NC(=O)CO2. The number of ether oxygens (including phenoxy) is 1. The number of amides is 1. The molecule has 1 heterocycles. The Labute approximate surface area is 95.9 Å². The van der Waals surface area contributed by atoms with Crippen molar-refractivity contribution in [2.75, 3.05) is 11.9 Å². The van der Waals surface area contributed by atoms with Gasteiger partial charge in [0.15, 0.2) is 6.61 Å². The summed E-state index contributed by atoms with van der Waals surface area (Å²) in [6.07, 6.45) is 0. The molecule has 0 radical (unpaired) electrons. The number of rotatable bonds is 1. The Balaban J connectivity index is 2.46. The van der Waals surface area contributed by atoms with Crippen molar-refractivity contribution >= 4 is 27.5 Å². The fourth-order valence-electron chi connectivity index (χ4n) is 1.46. The first-order valence-corrected chi connectivity index (χ1v) is 5.39. The van der Waals surface area contributed by atoms with Gasteiger partial charge < -0.3 is 15.8 Å². The zero-order valence-electron chi connectivity index (χ0n) is 8.21. The fraction of sp³-hybridized carbons (Fsp3) is 0.300. The van der Waals surface area contributed by atoms with E-state index < -0.39 is 0 Å². The van der Waals surface area contributed by atoms with Crippen LogP contribution in [-0.4, -0.2) is 12.5 Å². The summed E-state index contributed by atoms with van der Waals surface area (Å²) in [6, 6.07) is 3.58. The highest BCUT2D eigenvalue weighted by Gasteiger charge is 2.18. The number of benzene rings is 1. The van der Waals surface area contributed by atoms with E-state index in [-0.39, 0.29) is 18.6 Å². The second-order valence-corrected chi connectivity index (χ2v) is 4.35. The summed E-state index contributed by atoms with van der Waals surface area (Å²) >= 11 is 3.41. The monoisotopic (exact) mass is 270 g/mol. The number of hydrogen-bond acceptors (Lipinski definition) is 3. The van der Waals surface area contributed by atoms with Crippen molar-refractivity contribution in [1.29, 1.82) is 0 Å². The third kappa shape index (κ3) is 1.98. The van der Waals surface area contributed by atoms with E-state index in [1.165, 1.54) is 0 Å². The Hall–Kier alpha value is -1.07. The van der Waals surface area contributed by atoms with Crippen LogP contribution in [0.4, 0.5) is 5.69 Å². The smallest absolute Gasteiger partial charge is 0.262 e. The van der Waals surface area contributed by atoms with Crippen molar-refractivity contribution in [3.8, 4) is 5.75 Å². The number of nitrogens with two attached hydrogens (primary N) is 1. The quantitative estimate of drug-likeness (QED) is 0.818. The molecule has 1 aromatic carbocycles. The van der Waals surface area contributed by atoms with Crippen LogP contribution in [0.1, 0.15) is 18.5 Å². The molecule has 1 atom stereocenters. The lowest BCUT2D eigenvalue weighted by atomic mass is 10.1. The minimum Gasteiger partial charge on any atom is -0.482 e. The van der Waals surface area contributed by atoms with Gasteiger partial charge in [0.2, 0.25) is 0 Å². The van der Waals surface area contributed by atoms with E-state index >= 15 is 0 Å². The zero-order valence-corrected chi connectivity index (χ0v) is 9.80. The van der Waals surface area contributed by atoms with Gasteiger partial charge in [0, 0.05) is 10.5 Å². The van der Waals surface area contributed by atoms with Crippen LogP contribution in [0.3, 0.4) is 0 Å². The molecule has 0 unspecified atom stereocenters. The minimum atomic E-state index is -0.136. The Kier molecular flexibility index (Phi) is 2.67. The molecule has 15 heavy (non-hydrogen) atoms. The van der Waals surface area contributed by atoms with Crippen LogP contribution in [-0.2, 0) is 4.79 Å². The number of nitrogens with one attached hydrogen (secondary N) is 1. The number of fused-ring (bicyclic) bond motifs is 1. The van der Waals surface area contributed by atoms with Gasteiger partial charge in [0.05, 0.1) is 5.69 Å². The van der Waals surface area contributed by atoms with Crippen LogP contribution in [0.5, 0.6) is 5.75 Å². The average Bonchev–Trinajstić information content (AvgIpc) is 2.15. The third-order valence-corrected chi connectivity index (χ3v) is 2.91. The number of halogens is 1. The summed E-state index contributed by atoms with van der Waals surface area (Å²) in [6.45, 7) is 1.96. The van der Waals surface area contributed by atoms with Crippen molar-refractivity contribution in [2.24, 2.45) is 5.73 Å². The molecule has 2 rings (SSSR count). The lowest BCUT2D eigenvalue weighted by Gasteiger charge is -2.20. The number of anilines is 1. The van der Waals surface area contributed by atoms with Gasteiger partial charge in [-0.2, -0.15) is 0 Å². The highest BCUT2D eigenvalue weighted by atomic mass is 79.9. The van der Waals surface area contributed by atoms with Crippen molar-refractivity contribution < 1.29 is 9.53 Å². The maximum atomic E-state index is 11.1. The molecule has 1 aliphatic rings. The van der Waals surface area contributed by atoms with Gasteiger partial charge in [-0.15, -0.1) is 0 Å². The van der Waals surface area contributed by atoms with Gasteiger partial charge in [-0.1, -0.05) is 15.9 Å². The lowest BCUT2D eigenvalue weighted by Crippen LogP contribution is -2.25. The molecule has 4 nitrogen and oxygen atoms in total. The normalized spacial score (nSPS) is 16.3. The standard InChI is InChI=1S/C10H11BrN2O2/c1-5(12)6-2-9-8(3-7(6)11)13-10(14)4-15-9/h2-3,5H,4,12H2,1H3,(H,13,14)/t5-/m0/s1. The molecule has 0 aliphatic carbocycles. The van der Waals surface area contributed by atoms with E-state index in [0.29, 0.717) is 11.4 Å². The molecular weight excluding hydrogens is 260 g/mol. The van der Waals surface area contributed by atoms with E-state index in [4.69, 9.17) is 10.5 Å². The topological polar surface area (TPSA) is 64.3 Å². The second kappa shape index (κ2) is 3.83. The first-order valence-electron chi connectivity index (χ1n) is 4.59. The van der Waals surface area contributed by atoms with Crippen LogP contribution in [0, 0.1) is 0 Å². The summed E-state index contributed by atoms with van der Waals surface area (Å²) in [5.74, 6) is 0.535. The molecule has 0 saturated heterocycles. The van der Waals surface area contributed by atoms with Crippen molar-refractivity contribution in [3.05, 3.63) is 22.2 Å². The largest absolute Gasteiger partial charge is 0.482 e.